The van der Waals surface area contributed by atoms with Gasteiger partial charge in [0.2, 0.25) is 10.0 Å². The molecular weight excluding hydrogens is 307 g/mol. The van der Waals surface area contributed by atoms with E-state index in [1.54, 1.807) is 11.6 Å². The van der Waals surface area contributed by atoms with Gasteiger partial charge in [-0.05, 0) is 32.9 Å². The number of sulfonamides is 1. The molecule has 0 atom stereocenters. The molecule has 0 amide bonds. The van der Waals surface area contributed by atoms with Crippen LogP contribution in [-0.2, 0) is 23.1 Å². The molecule has 1 heterocycles. The number of nitrogens with one attached hydrogen (secondary N) is 2. The Morgan fingerprint density at radius 3 is 2.43 bits per heavy atom. The number of nitrogens with zero attached hydrogens (tertiary/aromatic N) is 1. The van der Waals surface area contributed by atoms with Gasteiger partial charge in [0.25, 0.3) is 0 Å². The molecule has 21 heavy (non-hydrogen) atoms. The van der Waals surface area contributed by atoms with Gasteiger partial charge in [0, 0.05) is 25.0 Å². The van der Waals surface area contributed by atoms with Crippen LogP contribution in [-0.4, -0.2) is 31.7 Å². The smallest absolute Gasteiger partial charge is 0.349 e. The first kappa shape index (κ1) is 16.3. The molecule has 0 radical (unpaired) electrons. The first-order valence-electron chi connectivity index (χ1n) is 6.59. The summed E-state index contributed by atoms with van der Waals surface area (Å²) >= 11 is 0. The Labute approximate surface area is 121 Å². The van der Waals surface area contributed by atoms with Crippen molar-refractivity contribution < 1.29 is 21.6 Å². The van der Waals surface area contributed by atoms with Gasteiger partial charge in [-0.2, -0.15) is 17.9 Å². The van der Waals surface area contributed by atoms with Gasteiger partial charge < -0.3 is 9.88 Å². The topological polar surface area (TPSA) is 63.1 Å². The Bertz CT molecular complexity index is 618. The highest BCUT2D eigenvalue weighted by molar-refractivity contribution is 7.89. The maximum absolute atomic E-state index is 12.9. The van der Waals surface area contributed by atoms with Crippen molar-refractivity contribution in [2.75, 3.05) is 7.05 Å². The van der Waals surface area contributed by atoms with E-state index < -0.39 is 21.7 Å². The number of halogens is 3. The first-order valence-corrected chi connectivity index (χ1v) is 8.08. The van der Waals surface area contributed by atoms with E-state index in [1.807, 2.05) is 11.6 Å². The fourth-order valence-corrected chi connectivity index (χ4v) is 3.69. The highest BCUT2D eigenvalue weighted by Crippen LogP contribution is 2.49. The summed E-state index contributed by atoms with van der Waals surface area (Å²) in [6, 6.07) is 1.40. The van der Waals surface area contributed by atoms with Gasteiger partial charge in [-0.15, -0.1) is 0 Å². The number of hydrogen-bond donors (Lipinski definition) is 2. The van der Waals surface area contributed by atoms with Gasteiger partial charge in [0.15, 0.2) is 0 Å². The lowest BCUT2D eigenvalue weighted by molar-refractivity contribution is -0.160. The second kappa shape index (κ2) is 5.29. The van der Waals surface area contributed by atoms with E-state index in [0.29, 0.717) is 18.8 Å². The molecule has 1 fully saturated rings. The fourth-order valence-electron chi connectivity index (χ4n) is 2.18. The van der Waals surface area contributed by atoms with Crippen LogP contribution in [0.15, 0.2) is 17.2 Å². The first-order chi connectivity index (χ1) is 9.65. The Balaban J connectivity index is 2.28. The predicted molar refractivity (Wildman–Crippen MR) is 71.2 cm³/mol. The Hall–Kier alpha value is -1.06. The maximum Gasteiger partial charge on any atom is 0.407 e. The number of rotatable bonds is 6. The quantitative estimate of drug-likeness (QED) is 0.835. The maximum atomic E-state index is 12.9. The minimum Gasteiger partial charge on any atom is -0.349 e. The zero-order valence-electron chi connectivity index (χ0n) is 11.8. The van der Waals surface area contributed by atoms with E-state index in [9.17, 15) is 21.6 Å². The second-order valence-electron chi connectivity index (χ2n) is 5.17. The van der Waals surface area contributed by atoms with Crippen molar-refractivity contribution in [1.29, 1.82) is 0 Å². The largest absolute Gasteiger partial charge is 0.407 e. The summed E-state index contributed by atoms with van der Waals surface area (Å²) in [4.78, 5) is -0.134. The lowest BCUT2D eigenvalue weighted by atomic mass is 10.3. The van der Waals surface area contributed by atoms with Gasteiger partial charge in [-0.3, -0.25) is 0 Å². The van der Waals surface area contributed by atoms with Gasteiger partial charge in [-0.1, -0.05) is 0 Å². The summed E-state index contributed by atoms with van der Waals surface area (Å²) in [5.74, 6) is 0. The molecule has 1 saturated carbocycles. The Kier molecular flexibility index (Phi) is 4.11. The molecule has 2 N–H and O–H groups in total. The second-order valence-corrected chi connectivity index (χ2v) is 6.85. The van der Waals surface area contributed by atoms with Crippen LogP contribution in [0, 0.1) is 0 Å². The normalized spacial score (nSPS) is 18.0. The fraction of sp³-hybridized carbons (Fsp3) is 0.667. The average molecular weight is 325 g/mol. The molecule has 1 aliphatic carbocycles. The number of aryl methyl sites for hydroxylation is 1. The zero-order valence-corrected chi connectivity index (χ0v) is 12.6. The Morgan fingerprint density at radius 2 is 2.00 bits per heavy atom. The molecule has 0 spiro atoms. The van der Waals surface area contributed by atoms with E-state index in [1.165, 1.54) is 12.3 Å². The highest BCUT2D eigenvalue weighted by atomic mass is 32.2. The van der Waals surface area contributed by atoms with Gasteiger partial charge >= 0.3 is 6.18 Å². The van der Waals surface area contributed by atoms with Gasteiger partial charge in [0.05, 0.1) is 4.90 Å². The molecule has 9 heteroatoms. The van der Waals surface area contributed by atoms with Crippen LogP contribution in [0.25, 0.3) is 0 Å². The molecule has 120 valence electrons. The third-order valence-corrected chi connectivity index (χ3v) is 5.10. The van der Waals surface area contributed by atoms with Crippen molar-refractivity contribution in [3.63, 3.8) is 0 Å². The highest BCUT2D eigenvalue weighted by Gasteiger charge is 2.65. The molecular formula is C12H18F3N3O2S. The van der Waals surface area contributed by atoms with Gasteiger partial charge in [-0.25, -0.2) is 8.42 Å². The summed E-state index contributed by atoms with van der Waals surface area (Å²) in [5, 5.41) is 2.89. The van der Waals surface area contributed by atoms with Crippen LogP contribution >= 0.6 is 0 Å². The molecule has 1 aromatic rings. The SMILES string of the molecule is CCn1cc(S(=O)(=O)NC2(C(F)(F)F)CC2)cc1CNC. The summed E-state index contributed by atoms with van der Waals surface area (Å²) in [6.07, 6.45) is -3.64. The number of hydrogen-bond acceptors (Lipinski definition) is 3. The summed E-state index contributed by atoms with van der Waals surface area (Å²) in [6.45, 7) is 2.81. The Morgan fingerprint density at radius 1 is 1.38 bits per heavy atom. The number of alkyl halides is 3. The van der Waals surface area contributed by atoms with Crippen molar-refractivity contribution in [2.45, 2.75) is 49.5 Å². The molecule has 0 bridgehead atoms. The molecule has 1 aliphatic rings. The van der Waals surface area contributed by atoms with Crippen molar-refractivity contribution in [3.8, 4) is 0 Å². The van der Waals surface area contributed by atoms with E-state index in [-0.39, 0.29) is 17.7 Å². The van der Waals surface area contributed by atoms with Crippen molar-refractivity contribution in [1.82, 2.24) is 14.6 Å². The molecule has 2 rings (SSSR count). The van der Waals surface area contributed by atoms with Crippen LogP contribution in [0.4, 0.5) is 13.2 Å². The van der Waals surface area contributed by atoms with Crippen molar-refractivity contribution >= 4 is 10.0 Å². The van der Waals surface area contributed by atoms with Crippen LogP contribution in [0.5, 0.6) is 0 Å². The standard InChI is InChI=1S/C12H18F3N3O2S/c1-3-18-8-10(6-9(18)7-16-2)21(19,20)17-11(4-5-11)12(13,14)15/h6,8,16-17H,3-5,7H2,1-2H3. The van der Waals surface area contributed by atoms with Crippen LogP contribution in [0.3, 0.4) is 0 Å². The average Bonchev–Trinajstić information content (AvgIpc) is 3.02. The van der Waals surface area contributed by atoms with Gasteiger partial charge in [0.1, 0.15) is 5.54 Å². The van der Waals surface area contributed by atoms with Crippen LogP contribution in [0.1, 0.15) is 25.5 Å². The molecule has 0 unspecified atom stereocenters. The van der Waals surface area contributed by atoms with E-state index in [4.69, 9.17) is 0 Å². The lowest BCUT2D eigenvalue weighted by Crippen LogP contribution is -2.47. The molecule has 1 aromatic heterocycles. The molecule has 0 aromatic carbocycles. The van der Waals surface area contributed by atoms with Crippen molar-refractivity contribution in [3.05, 3.63) is 18.0 Å². The number of aromatic nitrogens is 1. The summed E-state index contributed by atoms with van der Waals surface area (Å²) < 4.78 is 66.5. The molecule has 5 nitrogen and oxygen atoms in total. The summed E-state index contributed by atoms with van der Waals surface area (Å²) in [5.41, 5.74) is -1.58. The summed E-state index contributed by atoms with van der Waals surface area (Å²) in [7, 11) is -2.48. The van der Waals surface area contributed by atoms with Crippen molar-refractivity contribution in [2.24, 2.45) is 0 Å². The molecule has 0 saturated heterocycles. The van der Waals surface area contributed by atoms with E-state index in [2.05, 4.69) is 5.32 Å². The monoisotopic (exact) mass is 325 g/mol. The van der Waals surface area contributed by atoms with Crippen LogP contribution < -0.4 is 10.0 Å². The minimum absolute atomic E-state index is 0.134. The third kappa shape index (κ3) is 3.09. The predicted octanol–water partition coefficient (Wildman–Crippen LogP) is 1.60. The van der Waals surface area contributed by atoms with Crippen LogP contribution in [0.2, 0.25) is 0 Å². The zero-order chi connectivity index (χ0) is 15.9. The molecule has 0 aliphatic heterocycles. The van der Waals surface area contributed by atoms with E-state index in [0.717, 1.165) is 0 Å². The third-order valence-electron chi connectivity index (χ3n) is 3.59. The lowest BCUT2D eigenvalue weighted by Gasteiger charge is -2.20. The minimum atomic E-state index is -4.57. The van der Waals surface area contributed by atoms with E-state index >= 15 is 0 Å².